The summed E-state index contributed by atoms with van der Waals surface area (Å²) in [6.07, 6.45) is 15.8. The number of ether oxygens (including phenoxy) is 1. The Morgan fingerprint density at radius 3 is 2.00 bits per heavy atom. The Kier molecular flexibility index (Phi) is 10.2. The Hall–Kier alpha value is -0.830. The molecule has 128 valence electrons. The van der Waals surface area contributed by atoms with E-state index in [2.05, 4.69) is 13.6 Å². The molecule has 0 saturated carbocycles. The molecule has 0 radical (unpaired) electrons. The molecule has 0 spiro atoms. The first-order valence-corrected chi connectivity index (χ1v) is 9.29. The molecule has 3 nitrogen and oxygen atoms in total. The molecule has 3 heteroatoms. The molecule has 0 amide bonds. The van der Waals surface area contributed by atoms with Crippen molar-refractivity contribution in [2.45, 2.75) is 70.6 Å². The van der Waals surface area contributed by atoms with E-state index in [9.17, 15) is 4.79 Å². The van der Waals surface area contributed by atoms with Crippen molar-refractivity contribution in [3.8, 4) is 0 Å². The fourth-order valence-corrected chi connectivity index (χ4v) is 3.39. The lowest BCUT2D eigenvalue weighted by Gasteiger charge is -2.29. The highest BCUT2D eigenvalue weighted by molar-refractivity contribution is 5.81. The van der Waals surface area contributed by atoms with Crippen LogP contribution in [0.3, 0.4) is 0 Å². The van der Waals surface area contributed by atoms with Gasteiger partial charge in [0.2, 0.25) is 0 Å². The van der Waals surface area contributed by atoms with Crippen LogP contribution in [0.15, 0.2) is 12.7 Å². The van der Waals surface area contributed by atoms with Crippen molar-refractivity contribution in [3.05, 3.63) is 12.7 Å². The van der Waals surface area contributed by atoms with E-state index in [1.807, 2.05) is 0 Å². The van der Waals surface area contributed by atoms with Crippen molar-refractivity contribution in [1.29, 1.82) is 0 Å². The summed E-state index contributed by atoms with van der Waals surface area (Å²) in [7, 11) is 2.43. The molecule has 0 aliphatic carbocycles. The lowest BCUT2D eigenvalue weighted by atomic mass is 10.1. The van der Waals surface area contributed by atoms with E-state index in [1.165, 1.54) is 94.4 Å². The predicted octanol–water partition coefficient (Wildman–Crippen LogP) is 4.47. The average molecular weight is 311 g/mol. The Morgan fingerprint density at radius 2 is 1.45 bits per heavy atom. The maximum atomic E-state index is 10.8. The first-order valence-electron chi connectivity index (χ1n) is 9.29. The molecule has 1 aliphatic rings. The molecule has 1 saturated heterocycles. The van der Waals surface area contributed by atoms with Crippen LogP contribution in [0.5, 0.6) is 0 Å². The number of quaternary nitrogens is 1. The van der Waals surface area contributed by atoms with Gasteiger partial charge in [-0.3, -0.25) is 0 Å². The van der Waals surface area contributed by atoms with Crippen molar-refractivity contribution in [2.75, 3.05) is 33.3 Å². The van der Waals surface area contributed by atoms with Crippen LogP contribution in [-0.4, -0.2) is 43.7 Å². The third kappa shape index (κ3) is 9.24. The van der Waals surface area contributed by atoms with Gasteiger partial charge in [-0.25, -0.2) is 4.79 Å². The number of esters is 1. The van der Waals surface area contributed by atoms with E-state index in [0.29, 0.717) is 6.61 Å². The van der Waals surface area contributed by atoms with E-state index in [-0.39, 0.29) is 5.97 Å². The predicted molar refractivity (Wildman–Crippen MR) is 92.7 cm³/mol. The second-order valence-electron chi connectivity index (χ2n) is 7.05. The zero-order valence-corrected chi connectivity index (χ0v) is 14.7. The molecule has 1 heterocycles. The number of rotatable bonds is 13. The molecule has 1 fully saturated rings. The number of carbonyl (C=O) groups is 1. The Labute approximate surface area is 137 Å². The Balaban J connectivity index is 1.76. The van der Waals surface area contributed by atoms with Crippen LogP contribution in [0.2, 0.25) is 0 Å². The Morgan fingerprint density at radius 1 is 0.955 bits per heavy atom. The third-order valence-corrected chi connectivity index (χ3v) is 4.90. The quantitative estimate of drug-likeness (QED) is 0.217. The van der Waals surface area contributed by atoms with E-state index in [4.69, 9.17) is 4.74 Å². The first-order chi connectivity index (χ1) is 10.7. The maximum Gasteiger partial charge on any atom is 0.330 e. The van der Waals surface area contributed by atoms with Crippen LogP contribution >= 0.6 is 0 Å². The van der Waals surface area contributed by atoms with Gasteiger partial charge in [0.1, 0.15) is 0 Å². The van der Waals surface area contributed by atoms with Crippen LogP contribution < -0.4 is 0 Å². The van der Waals surface area contributed by atoms with Gasteiger partial charge >= 0.3 is 5.97 Å². The highest BCUT2D eigenvalue weighted by Gasteiger charge is 2.25. The molecule has 0 aromatic carbocycles. The van der Waals surface area contributed by atoms with Crippen molar-refractivity contribution in [1.82, 2.24) is 0 Å². The summed E-state index contributed by atoms with van der Waals surface area (Å²) in [6, 6.07) is 0. The molecular formula is C19H36NO2+. The van der Waals surface area contributed by atoms with Crippen LogP contribution in [0.1, 0.15) is 70.6 Å². The van der Waals surface area contributed by atoms with Gasteiger partial charge in [-0.05, 0) is 19.3 Å². The minimum absolute atomic E-state index is 0.301. The highest BCUT2D eigenvalue weighted by atomic mass is 16.5. The average Bonchev–Trinajstić information content (AvgIpc) is 2.95. The normalized spacial score (nSPS) is 16.6. The minimum Gasteiger partial charge on any atom is -0.463 e. The standard InChI is InChI=1S/C19H36NO2/c1-3-19(21)22-18-14-10-8-6-4-5-7-9-11-15-20(2)16-12-13-17-20/h3H,1,4-18H2,2H3/q+1. The van der Waals surface area contributed by atoms with Crippen LogP contribution in [-0.2, 0) is 9.53 Å². The molecule has 0 bridgehead atoms. The van der Waals surface area contributed by atoms with E-state index in [0.717, 1.165) is 6.42 Å². The van der Waals surface area contributed by atoms with Gasteiger partial charge in [0.15, 0.2) is 0 Å². The molecule has 0 aromatic heterocycles. The van der Waals surface area contributed by atoms with Crippen molar-refractivity contribution < 1.29 is 14.0 Å². The van der Waals surface area contributed by atoms with Crippen molar-refractivity contribution in [2.24, 2.45) is 0 Å². The van der Waals surface area contributed by atoms with Crippen LogP contribution in [0.4, 0.5) is 0 Å². The van der Waals surface area contributed by atoms with Crippen LogP contribution in [0, 0.1) is 0 Å². The number of nitrogens with zero attached hydrogens (tertiary/aromatic N) is 1. The third-order valence-electron chi connectivity index (χ3n) is 4.90. The maximum absolute atomic E-state index is 10.8. The summed E-state index contributed by atoms with van der Waals surface area (Å²) in [5.41, 5.74) is 0. The van der Waals surface area contributed by atoms with Crippen molar-refractivity contribution in [3.63, 3.8) is 0 Å². The number of hydrogen-bond acceptors (Lipinski definition) is 2. The second kappa shape index (κ2) is 11.7. The number of hydrogen-bond donors (Lipinski definition) is 0. The summed E-state index contributed by atoms with van der Waals surface area (Å²) in [6.45, 7) is 8.13. The molecule has 1 aliphatic heterocycles. The molecular weight excluding hydrogens is 274 g/mol. The van der Waals surface area contributed by atoms with Gasteiger partial charge in [0.25, 0.3) is 0 Å². The number of carbonyl (C=O) groups excluding carboxylic acids is 1. The fraction of sp³-hybridized carbons (Fsp3) is 0.842. The van der Waals surface area contributed by atoms with Crippen molar-refractivity contribution >= 4 is 5.97 Å². The fourth-order valence-electron chi connectivity index (χ4n) is 3.39. The largest absolute Gasteiger partial charge is 0.463 e. The van der Waals surface area contributed by atoms with Gasteiger partial charge in [-0.2, -0.15) is 0 Å². The van der Waals surface area contributed by atoms with Gasteiger partial charge in [0, 0.05) is 18.9 Å². The molecule has 22 heavy (non-hydrogen) atoms. The van der Waals surface area contributed by atoms with E-state index in [1.54, 1.807) is 0 Å². The first kappa shape index (κ1) is 19.2. The van der Waals surface area contributed by atoms with Gasteiger partial charge in [-0.1, -0.05) is 45.1 Å². The zero-order valence-electron chi connectivity index (χ0n) is 14.7. The monoisotopic (exact) mass is 310 g/mol. The summed E-state index contributed by atoms with van der Waals surface area (Å²) >= 11 is 0. The minimum atomic E-state index is -0.301. The zero-order chi connectivity index (χ0) is 16.1. The SMILES string of the molecule is C=CC(=O)OCCCCCCCCCCC[N+]1(C)CCCC1. The lowest BCUT2D eigenvalue weighted by molar-refractivity contribution is -0.897. The number of unbranched alkanes of at least 4 members (excludes halogenated alkanes) is 8. The van der Waals surface area contributed by atoms with E-state index < -0.39 is 0 Å². The highest BCUT2D eigenvalue weighted by Crippen LogP contribution is 2.18. The Bertz CT molecular complexity index is 309. The molecule has 0 aromatic rings. The summed E-state index contributed by atoms with van der Waals surface area (Å²) in [5, 5.41) is 0. The summed E-state index contributed by atoms with van der Waals surface area (Å²) in [5.74, 6) is -0.301. The molecule has 1 rings (SSSR count). The van der Waals surface area contributed by atoms with Gasteiger partial charge < -0.3 is 9.22 Å². The summed E-state index contributed by atoms with van der Waals surface area (Å²) in [4.78, 5) is 10.8. The summed E-state index contributed by atoms with van der Waals surface area (Å²) < 4.78 is 6.28. The van der Waals surface area contributed by atoms with E-state index >= 15 is 0 Å². The van der Waals surface area contributed by atoms with Gasteiger partial charge in [-0.15, -0.1) is 0 Å². The molecule has 0 N–H and O–H groups in total. The molecule has 0 unspecified atom stereocenters. The molecule has 0 atom stereocenters. The van der Waals surface area contributed by atoms with Crippen LogP contribution in [0.25, 0.3) is 0 Å². The lowest BCUT2D eigenvalue weighted by Crippen LogP contribution is -2.41. The number of likely N-dealkylation sites (tertiary alicyclic amines) is 1. The topological polar surface area (TPSA) is 26.3 Å². The van der Waals surface area contributed by atoms with Gasteiger partial charge in [0.05, 0.1) is 33.3 Å². The second-order valence-corrected chi connectivity index (χ2v) is 7.05. The smallest absolute Gasteiger partial charge is 0.330 e.